The Labute approximate surface area is 292 Å². The highest BCUT2D eigenvalue weighted by Crippen LogP contribution is 2.35. The molecule has 0 radical (unpaired) electrons. The molecule has 1 atom stereocenters. The molecule has 0 spiro atoms. The molecular formula is C43H52O6. The van der Waals surface area contributed by atoms with Gasteiger partial charge >= 0.3 is 0 Å². The lowest BCUT2D eigenvalue weighted by molar-refractivity contribution is -0.248. The van der Waals surface area contributed by atoms with Crippen molar-refractivity contribution in [3.05, 3.63) is 138 Å². The van der Waals surface area contributed by atoms with E-state index in [1.807, 2.05) is 24.3 Å². The first-order valence-corrected chi connectivity index (χ1v) is 17.5. The van der Waals surface area contributed by atoms with Crippen LogP contribution in [0.25, 0.3) is 0 Å². The number of aliphatic hydroxyl groups excluding tert-OH is 1. The highest BCUT2D eigenvalue weighted by Gasteiger charge is 2.25. The van der Waals surface area contributed by atoms with Crippen molar-refractivity contribution in [2.24, 2.45) is 0 Å². The highest BCUT2D eigenvalue weighted by molar-refractivity contribution is 5.43. The summed E-state index contributed by atoms with van der Waals surface area (Å²) in [4.78, 5) is 10.1. The van der Waals surface area contributed by atoms with Gasteiger partial charge in [0.2, 0.25) is 0 Å². The monoisotopic (exact) mass is 664 g/mol. The number of aliphatic hydroxyl groups is 1. The van der Waals surface area contributed by atoms with Gasteiger partial charge in [-0.1, -0.05) is 107 Å². The molecule has 1 N–H and O–H groups in total. The lowest BCUT2D eigenvalue weighted by Gasteiger charge is -2.27. The molecule has 0 aliphatic carbocycles. The zero-order chi connectivity index (χ0) is 34.7. The summed E-state index contributed by atoms with van der Waals surface area (Å²) in [6.45, 7) is 15.3. The molecule has 1 saturated heterocycles. The standard InChI is InChI=1S/C43H52O6/c1-6-27-45-39-21-15-36(16-22-39)43(4,5)37-19-25-41(26-20-37)47-31-38(44)10-8-7-9-28-46-40-23-17-35(18-24-40)42(2,3)34-13-11-32(12-14-34)33-29-48-49-30-33/h6,11-26,33,38,44H,1,7-10,27-31H2,2-5H3. The van der Waals surface area contributed by atoms with E-state index in [0.717, 1.165) is 36.5 Å². The first kappa shape index (κ1) is 36.2. The maximum Gasteiger partial charge on any atom is 0.119 e. The Balaban J connectivity index is 0.976. The van der Waals surface area contributed by atoms with Crippen molar-refractivity contribution >= 4 is 0 Å². The summed E-state index contributed by atoms with van der Waals surface area (Å²) in [6, 6.07) is 33.6. The molecule has 0 saturated carbocycles. The van der Waals surface area contributed by atoms with Crippen molar-refractivity contribution in [3.63, 3.8) is 0 Å². The molecule has 1 aliphatic heterocycles. The molecule has 4 aromatic carbocycles. The normalized spacial score (nSPS) is 14.4. The molecule has 4 aromatic rings. The van der Waals surface area contributed by atoms with E-state index in [9.17, 15) is 5.11 Å². The topological polar surface area (TPSA) is 66.4 Å². The van der Waals surface area contributed by atoms with Crippen LogP contribution in [0.1, 0.15) is 87.1 Å². The minimum absolute atomic E-state index is 0.125. The van der Waals surface area contributed by atoms with E-state index in [0.29, 0.717) is 38.8 Å². The zero-order valence-corrected chi connectivity index (χ0v) is 29.5. The Bertz CT molecular complexity index is 1570. The molecule has 1 fully saturated rings. The van der Waals surface area contributed by atoms with Crippen molar-refractivity contribution in [1.82, 2.24) is 0 Å². The summed E-state index contributed by atoms with van der Waals surface area (Å²) < 4.78 is 17.6. The fraction of sp³-hybridized carbons (Fsp3) is 0.395. The van der Waals surface area contributed by atoms with Gasteiger partial charge in [0.25, 0.3) is 0 Å². The van der Waals surface area contributed by atoms with Gasteiger partial charge in [-0.05, 0) is 83.5 Å². The van der Waals surface area contributed by atoms with E-state index in [1.165, 1.54) is 27.8 Å². The fourth-order valence-electron chi connectivity index (χ4n) is 6.19. The first-order valence-electron chi connectivity index (χ1n) is 17.5. The van der Waals surface area contributed by atoms with Crippen molar-refractivity contribution < 1.29 is 29.1 Å². The van der Waals surface area contributed by atoms with E-state index >= 15 is 0 Å². The molecule has 1 unspecified atom stereocenters. The third kappa shape index (κ3) is 9.75. The van der Waals surface area contributed by atoms with Gasteiger partial charge in [0.1, 0.15) is 30.5 Å². The summed E-state index contributed by atoms with van der Waals surface area (Å²) in [6.07, 6.45) is 4.78. The minimum Gasteiger partial charge on any atom is -0.494 e. The Morgan fingerprint density at radius 3 is 1.59 bits per heavy atom. The van der Waals surface area contributed by atoms with Crippen LogP contribution in [0.4, 0.5) is 0 Å². The molecule has 1 heterocycles. The molecule has 0 bridgehead atoms. The van der Waals surface area contributed by atoms with Gasteiger partial charge in [0.15, 0.2) is 0 Å². The van der Waals surface area contributed by atoms with Crippen molar-refractivity contribution in [2.45, 2.75) is 76.2 Å². The minimum atomic E-state index is -0.503. The van der Waals surface area contributed by atoms with Crippen LogP contribution >= 0.6 is 0 Å². The van der Waals surface area contributed by atoms with Gasteiger partial charge in [0.05, 0.1) is 25.9 Å². The molecule has 260 valence electrons. The van der Waals surface area contributed by atoms with Crippen molar-refractivity contribution in [1.29, 1.82) is 0 Å². The highest BCUT2D eigenvalue weighted by atomic mass is 17.2. The van der Waals surface area contributed by atoms with Gasteiger partial charge in [-0.25, -0.2) is 9.78 Å². The second-order valence-corrected chi connectivity index (χ2v) is 14.0. The summed E-state index contributed by atoms with van der Waals surface area (Å²) in [7, 11) is 0. The van der Waals surface area contributed by atoms with Crippen LogP contribution in [0.5, 0.6) is 17.2 Å². The van der Waals surface area contributed by atoms with Crippen LogP contribution in [0, 0.1) is 0 Å². The maximum atomic E-state index is 10.5. The predicted molar refractivity (Wildman–Crippen MR) is 196 cm³/mol. The Morgan fingerprint density at radius 2 is 1.10 bits per heavy atom. The number of rotatable bonds is 18. The smallest absolute Gasteiger partial charge is 0.119 e. The van der Waals surface area contributed by atoms with Crippen LogP contribution in [-0.2, 0) is 20.6 Å². The van der Waals surface area contributed by atoms with E-state index in [2.05, 4.69) is 107 Å². The van der Waals surface area contributed by atoms with Crippen LogP contribution in [0.2, 0.25) is 0 Å². The number of ether oxygens (including phenoxy) is 3. The molecule has 6 heteroatoms. The maximum absolute atomic E-state index is 10.5. The second kappa shape index (κ2) is 17.0. The largest absolute Gasteiger partial charge is 0.494 e. The van der Waals surface area contributed by atoms with Gasteiger partial charge in [-0.15, -0.1) is 0 Å². The van der Waals surface area contributed by atoms with Crippen LogP contribution in [-0.4, -0.2) is 44.2 Å². The third-order valence-corrected chi connectivity index (χ3v) is 9.71. The van der Waals surface area contributed by atoms with E-state index in [1.54, 1.807) is 6.08 Å². The second-order valence-electron chi connectivity index (χ2n) is 14.0. The van der Waals surface area contributed by atoms with Gasteiger partial charge in [-0.2, -0.15) is 0 Å². The summed E-state index contributed by atoms with van der Waals surface area (Å²) in [5.41, 5.74) is 5.86. The third-order valence-electron chi connectivity index (χ3n) is 9.71. The average molecular weight is 665 g/mol. The van der Waals surface area contributed by atoms with E-state index in [-0.39, 0.29) is 17.4 Å². The van der Waals surface area contributed by atoms with Gasteiger partial charge in [0, 0.05) is 16.7 Å². The zero-order valence-electron chi connectivity index (χ0n) is 29.5. The number of hydrogen-bond acceptors (Lipinski definition) is 6. The van der Waals surface area contributed by atoms with Gasteiger partial charge in [-0.3, -0.25) is 0 Å². The van der Waals surface area contributed by atoms with Crippen LogP contribution < -0.4 is 14.2 Å². The van der Waals surface area contributed by atoms with E-state index < -0.39 is 6.10 Å². The quantitative estimate of drug-likeness (QED) is 0.0650. The van der Waals surface area contributed by atoms with Crippen molar-refractivity contribution in [3.8, 4) is 17.2 Å². The molecule has 0 aromatic heterocycles. The molecular weight excluding hydrogens is 612 g/mol. The Kier molecular flexibility index (Phi) is 12.6. The molecule has 1 aliphatic rings. The molecule has 5 rings (SSSR count). The molecule has 0 amide bonds. The van der Waals surface area contributed by atoms with Gasteiger partial charge < -0.3 is 19.3 Å². The SMILES string of the molecule is C=CCOc1ccc(C(C)(C)c2ccc(OCC(O)CCCCCOc3ccc(C(C)(C)c4ccc(C5COOC5)cc4)cc3)cc2)cc1. The fourth-order valence-corrected chi connectivity index (χ4v) is 6.19. The van der Waals surface area contributed by atoms with E-state index in [4.69, 9.17) is 24.0 Å². The predicted octanol–water partition coefficient (Wildman–Crippen LogP) is 9.33. The van der Waals surface area contributed by atoms with Crippen LogP contribution in [0.15, 0.2) is 110 Å². The summed E-state index contributed by atoms with van der Waals surface area (Å²) >= 11 is 0. The molecule has 6 nitrogen and oxygen atoms in total. The number of hydrogen-bond donors (Lipinski definition) is 1. The Hall–Kier alpha value is -4.10. The summed E-state index contributed by atoms with van der Waals surface area (Å²) in [5.74, 6) is 2.78. The molecule has 49 heavy (non-hydrogen) atoms. The lowest BCUT2D eigenvalue weighted by atomic mass is 9.77. The first-order chi connectivity index (χ1) is 23.7. The Morgan fingerprint density at radius 1 is 0.653 bits per heavy atom. The van der Waals surface area contributed by atoms with Crippen LogP contribution in [0.3, 0.4) is 0 Å². The number of benzene rings is 4. The lowest BCUT2D eigenvalue weighted by Crippen LogP contribution is -2.19. The number of unbranched alkanes of at least 4 members (excludes halogenated alkanes) is 2. The van der Waals surface area contributed by atoms with Crippen molar-refractivity contribution in [2.75, 3.05) is 33.0 Å². The summed E-state index contributed by atoms with van der Waals surface area (Å²) in [5, 5.41) is 10.5. The average Bonchev–Trinajstić information content (AvgIpc) is 3.67.